The largest absolute Gasteiger partial charge is 0.491 e. The van der Waals surface area contributed by atoms with Gasteiger partial charge in [0.2, 0.25) is 5.28 Å². The van der Waals surface area contributed by atoms with E-state index in [4.69, 9.17) is 21.6 Å². The standard InChI is InChI=1S/C16H17FN4.C10H13ClN4.C6H6BFO2/c1-9(2)18-15-12-8-10(3)19-16(12)21-14(20-15)11-6-4-5-7-13(11)17;1-5(2)12-8-7-4-6(3)13-9(7)15-10(11)14-8;8-6-4-2-1-3-5(6)7(9)10/h4-9H,1-3H3,(H2,18,19,20,21);4-5H,1-3H3,(H2,12,13,14,15);1-4,9-10H. The van der Waals surface area contributed by atoms with E-state index in [1.165, 1.54) is 30.3 Å². The van der Waals surface area contributed by atoms with Crippen molar-refractivity contribution in [3.8, 4) is 11.4 Å². The fraction of sp³-hybridized carbons (Fsp3) is 0.250. The summed E-state index contributed by atoms with van der Waals surface area (Å²) in [6.45, 7) is 12.1. The molecule has 0 aliphatic heterocycles. The molecule has 2 aromatic carbocycles. The second-order valence-corrected chi connectivity index (χ2v) is 11.5. The molecule has 0 atom stereocenters. The number of anilines is 2. The summed E-state index contributed by atoms with van der Waals surface area (Å²) in [5.74, 6) is 0.959. The molecule has 240 valence electrons. The van der Waals surface area contributed by atoms with Gasteiger partial charge in [-0.2, -0.15) is 4.98 Å². The van der Waals surface area contributed by atoms with Gasteiger partial charge in [0.25, 0.3) is 0 Å². The van der Waals surface area contributed by atoms with Gasteiger partial charge in [-0.3, -0.25) is 0 Å². The number of nitrogens with zero attached hydrogens (tertiary/aromatic N) is 4. The number of hydrogen-bond donors (Lipinski definition) is 6. The van der Waals surface area contributed by atoms with Crippen LogP contribution in [0.15, 0.2) is 60.7 Å². The van der Waals surface area contributed by atoms with Gasteiger partial charge in [0.15, 0.2) is 5.82 Å². The van der Waals surface area contributed by atoms with Crippen LogP contribution in [0.2, 0.25) is 5.28 Å². The molecular weight excluding hydrogens is 613 g/mol. The van der Waals surface area contributed by atoms with Gasteiger partial charge in [-0.05, 0) is 83.5 Å². The first-order chi connectivity index (χ1) is 21.8. The van der Waals surface area contributed by atoms with E-state index in [2.05, 4.69) is 54.4 Å². The molecule has 4 aromatic heterocycles. The molecule has 6 rings (SSSR count). The predicted octanol–water partition coefficient (Wildman–Crippen LogP) is 6.14. The Labute approximate surface area is 270 Å². The Morgan fingerprint density at radius 3 is 1.72 bits per heavy atom. The summed E-state index contributed by atoms with van der Waals surface area (Å²) in [5, 5.41) is 25.7. The molecule has 0 bridgehead atoms. The second-order valence-electron chi connectivity index (χ2n) is 11.1. The number of aromatic amines is 2. The topological polar surface area (TPSA) is 148 Å². The average Bonchev–Trinajstić information content (AvgIpc) is 3.54. The molecular formula is C32H36BClF2N8O2. The summed E-state index contributed by atoms with van der Waals surface area (Å²) < 4.78 is 26.5. The van der Waals surface area contributed by atoms with Crippen LogP contribution in [0.5, 0.6) is 0 Å². The van der Waals surface area contributed by atoms with Crippen LogP contribution in [-0.4, -0.2) is 59.2 Å². The van der Waals surface area contributed by atoms with Gasteiger partial charge in [0, 0.05) is 28.9 Å². The van der Waals surface area contributed by atoms with E-state index in [-0.39, 0.29) is 22.6 Å². The molecule has 0 fully saturated rings. The molecule has 0 saturated heterocycles. The summed E-state index contributed by atoms with van der Waals surface area (Å²) in [6.07, 6.45) is 0. The smallest absolute Gasteiger partial charge is 0.423 e. The minimum absolute atomic E-state index is 0.0949. The third kappa shape index (κ3) is 8.78. The Hall–Kier alpha value is -4.59. The van der Waals surface area contributed by atoms with Crippen molar-refractivity contribution in [2.75, 3.05) is 10.6 Å². The Morgan fingerprint density at radius 1 is 0.717 bits per heavy atom. The zero-order valence-corrected chi connectivity index (χ0v) is 27.1. The van der Waals surface area contributed by atoms with Crippen LogP contribution in [0.4, 0.5) is 20.4 Å². The van der Waals surface area contributed by atoms with E-state index in [9.17, 15) is 8.78 Å². The lowest BCUT2D eigenvalue weighted by atomic mass is 9.80. The van der Waals surface area contributed by atoms with Gasteiger partial charge in [0.05, 0.1) is 16.3 Å². The normalized spacial score (nSPS) is 10.9. The van der Waals surface area contributed by atoms with Crippen molar-refractivity contribution in [1.82, 2.24) is 29.9 Å². The van der Waals surface area contributed by atoms with Crippen molar-refractivity contribution in [1.29, 1.82) is 0 Å². The Kier molecular flexibility index (Phi) is 11.3. The molecule has 14 heteroatoms. The number of H-pyrrole nitrogens is 2. The highest BCUT2D eigenvalue weighted by Gasteiger charge is 2.15. The van der Waals surface area contributed by atoms with E-state index in [1.807, 2.05) is 39.8 Å². The van der Waals surface area contributed by atoms with Crippen molar-refractivity contribution in [2.45, 2.75) is 53.6 Å². The molecule has 0 aliphatic rings. The van der Waals surface area contributed by atoms with Gasteiger partial charge in [0.1, 0.15) is 34.6 Å². The van der Waals surface area contributed by atoms with Crippen molar-refractivity contribution in [2.24, 2.45) is 0 Å². The highest BCUT2D eigenvalue weighted by atomic mass is 35.5. The number of rotatable bonds is 6. The fourth-order valence-corrected chi connectivity index (χ4v) is 4.64. The van der Waals surface area contributed by atoms with Crippen LogP contribution < -0.4 is 16.1 Å². The number of fused-ring (bicyclic) bond motifs is 2. The molecule has 0 saturated carbocycles. The highest BCUT2D eigenvalue weighted by molar-refractivity contribution is 6.58. The molecule has 6 aromatic rings. The van der Waals surface area contributed by atoms with E-state index in [0.717, 1.165) is 39.4 Å². The quantitative estimate of drug-likeness (QED) is 0.0933. The summed E-state index contributed by atoms with van der Waals surface area (Å²) in [6, 6.07) is 16.6. The maximum absolute atomic E-state index is 14.0. The number of nitrogens with one attached hydrogen (secondary N) is 4. The summed E-state index contributed by atoms with van der Waals surface area (Å²) in [5.41, 5.74) is 3.84. The molecule has 10 nitrogen and oxygen atoms in total. The first-order valence-corrected chi connectivity index (χ1v) is 15.0. The van der Waals surface area contributed by atoms with Gasteiger partial charge in [-0.15, -0.1) is 0 Å². The van der Waals surface area contributed by atoms with Crippen molar-refractivity contribution >= 4 is 57.9 Å². The molecule has 0 unspecified atom stereocenters. The van der Waals surface area contributed by atoms with E-state index < -0.39 is 12.9 Å². The van der Waals surface area contributed by atoms with Gasteiger partial charge in [-0.1, -0.05) is 30.3 Å². The monoisotopic (exact) mass is 648 g/mol. The van der Waals surface area contributed by atoms with Crippen molar-refractivity contribution in [3.05, 3.63) is 89.0 Å². The minimum Gasteiger partial charge on any atom is -0.423 e. The predicted molar refractivity (Wildman–Crippen MR) is 181 cm³/mol. The minimum atomic E-state index is -1.72. The molecule has 0 spiro atoms. The first kappa shape index (κ1) is 34.3. The van der Waals surface area contributed by atoms with Crippen LogP contribution in [0.25, 0.3) is 33.5 Å². The van der Waals surface area contributed by atoms with Crippen molar-refractivity contribution in [3.63, 3.8) is 0 Å². The SMILES string of the molecule is Cc1cc2c(NC(C)C)nc(-c3ccccc3F)nc2[nH]1.Cc1cc2c(NC(C)C)nc(Cl)nc2[nH]1.OB(O)c1ccccc1F. The summed E-state index contributed by atoms with van der Waals surface area (Å²) >= 11 is 5.83. The Bertz CT molecular complexity index is 1930. The molecule has 0 radical (unpaired) electrons. The Morgan fingerprint density at radius 2 is 1.22 bits per heavy atom. The maximum Gasteiger partial charge on any atom is 0.491 e. The molecule has 46 heavy (non-hydrogen) atoms. The number of aromatic nitrogens is 6. The molecule has 6 N–H and O–H groups in total. The van der Waals surface area contributed by atoms with Crippen LogP contribution >= 0.6 is 11.6 Å². The number of halogens is 3. The Balaban J connectivity index is 0.000000168. The van der Waals surface area contributed by atoms with E-state index in [0.29, 0.717) is 23.1 Å². The second kappa shape index (κ2) is 15.1. The zero-order valence-electron chi connectivity index (χ0n) is 26.3. The van der Waals surface area contributed by atoms with Gasteiger partial charge >= 0.3 is 7.12 Å². The molecule has 0 amide bonds. The van der Waals surface area contributed by atoms with Crippen LogP contribution in [-0.2, 0) is 0 Å². The van der Waals surface area contributed by atoms with Crippen LogP contribution in [0, 0.1) is 25.5 Å². The fourth-order valence-electron chi connectivity index (χ4n) is 4.47. The molecule has 0 aliphatic carbocycles. The lowest BCUT2D eigenvalue weighted by Crippen LogP contribution is -2.32. The van der Waals surface area contributed by atoms with Crippen molar-refractivity contribution < 1.29 is 18.8 Å². The first-order valence-electron chi connectivity index (χ1n) is 14.6. The average molecular weight is 649 g/mol. The highest BCUT2D eigenvalue weighted by Crippen LogP contribution is 2.27. The maximum atomic E-state index is 14.0. The van der Waals surface area contributed by atoms with Gasteiger partial charge < -0.3 is 30.6 Å². The van der Waals surface area contributed by atoms with Crippen LogP contribution in [0.1, 0.15) is 39.1 Å². The van der Waals surface area contributed by atoms with Gasteiger partial charge in [-0.25, -0.2) is 23.7 Å². The third-order valence-electron chi connectivity index (χ3n) is 6.37. The van der Waals surface area contributed by atoms with E-state index >= 15 is 0 Å². The number of aryl methyl sites for hydroxylation is 2. The third-order valence-corrected chi connectivity index (χ3v) is 6.53. The van der Waals surface area contributed by atoms with Crippen LogP contribution in [0.3, 0.4) is 0 Å². The summed E-state index contributed by atoms with van der Waals surface area (Å²) in [7, 11) is -1.72. The number of benzene rings is 2. The zero-order chi connectivity index (χ0) is 33.5. The molecule has 4 heterocycles. The number of hydrogen-bond acceptors (Lipinski definition) is 8. The lowest BCUT2D eigenvalue weighted by Gasteiger charge is -2.11. The lowest BCUT2D eigenvalue weighted by molar-refractivity contribution is 0.423. The van der Waals surface area contributed by atoms with E-state index in [1.54, 1.807) is 18.2 Å². The summed E-state index contributed by atoms with van der Waals surface area (Å²) in [4.78, 5) is 23.6.